The van der Waals surface area contributed by atoms with Gasteiger partial charge in [0.25, 0.3) is 0 Å². The number of hydrogen-bond donors (Lipinski definition) is 1. The van der Waals surface area contributed by atoms with E-state index in [9.17, 15) is 0 Å². The fourth-order valence-electron chi connectivity index (χ4n) is 2.30. The van der Waals surface area contributed by atoms with Gasteiger partial charge in [-0.1, -0.05) is 0 Å². The Labute approximate surface area is 145 Å². The van der Waals surface area contributed by atoms with Crippen LogP contribution in [0.4, 0.5) is 0 Å². The van der Waals surface area contributed by atoms with Crippen molar-refractivity contribution in [3.05, 3.63) is 29.8 Å². The van der Waals surface area contributed by atoms with Crippen molar-refractivity contribution in [1.29, 1.82) is 0 Å². The van der Waals surface area contributed by atoms with E-state index in [1.54, 1.807) is 0 Å². The van der Waals surface area contributed by atoms with Crippen molar-refractivity contribution in [2.45, 2.75) is 19.8 Å². The van der Waals surface area contributed by atoms with E-state index in [4.69, 9.17) is 10.5 Å². The van der Waals surface area contributed by atoms with E-state index in [0.717, 1.165) is 24.4 Å². The predicted molar refractivity (Wildman–Crippen MR) is 97.0 cm³/mol. The standard InChI is InChI=1S/C15H23N3O.2ClH.H2O/c1-2-19-14-7-5-13(6-8-14)15(16)17-9-12-18-10-3-4-11-18;;;/h5-8H,2-4,9-12H2,1H3,(H2,16,17);2*1H;1H2. The van der Waals surface area contributed by atoms with E-state index >= 15 is 0 Å². The van der Waals surface area contributed by atoms with Crippen molar-refractivity contribution in [2.75, 3.05) is 32.8 Å². The van der Waals surface area contributed by atoms with Crippen molar-refractivity contribution in [2.24, 2.45) is 10.7 Å². The maximum absolute atomic E-state index is 5.99. The smallest absolute Gasteiger partial charge is 0.125 e. The maximum Gasteiger partial charge on any atom is 0.125 e. The molecule has 0 aromatic heterocycles. The van der Waals surface area contributed by atoms with Gasteiger partial charge in [0.1, 0.15) is 11.6 Å². The summed E-state index contributed by atoms with van der Waals surface area (Å²) in [7, 11) is 0. The highest BCUT2D eigenvalue weighted by Crippen LogP contribution is 2.12. The van der Waals surface area contributed by atoms with Crippen LogP contribution in [-0.2, 0) is 0 Å². The minimum atomic E-state index is 0. The van der Waals surface area contributed by atoms with Crippen molar-refractivity contribution < 1.29 is 10.2 Å². The van der Waals surface area contributed by atoms with Crippen LogP contribution in [-0.4, -0.2) is 49.0 Å². The second-order valence-electron chi connectivity index (χ2n) is 4.77. The second-order valence-corrected chi connectivity index (χ2v) is 4.77. The van der Waals surface area contributed by atoms with Crippen LogP contribution in [0.1, 0.15) is 25.3 Å². The highest BCUT2D eigenvalue weighted by atomic mass is 35.5. The van der Waals surface area contributed by atoms with Crippen molar-refractivity contribution in [3.63, 3.8) is 0 Å². The van der Waals surface area contributed by atoms with Crippen molar-refractivity contribution in [3.8, 4) is 5.75 Å². The minimum absolute atomic E-state index is 0. The van der Waals surface area contributed by atoms with E-state index in [0.29, 0.717) is 12.4 Å². The first-order valence-electron chi connectivity index (χ1n) is 7.05. The molecule has 0 unspecified atom stereocenters. The number of aliphatic imine (C=N–C) groups is 1. The van der Waals surface area contributed by atoms with Crippen LogP contribution in [0.15, 0.2) is 29.3 Å². The summed E-state index contributed by atoms with van der Waals surface area (Å²) in [5, 5.41) is 0. The lowest BCUT2D eigenvalue weighted by Gasteiger charge is -2.12. The minimum Gasteiger partial charge on any atom is -0.494 e. The van der Waals surface area contributed by atoms with E-state index < -0.39 is 0 Å². The number of nitrogens with two attached hydrogens (primary N) is 1. The second kappa shape index (κ2) is 12.5. The maximum atomic E-state index is 5.99. The van der Waals surface area contributed by atoms with Gasteiger partial charge >= 0.3 is 0 Å². The number of nitrogens with zero attached hydrogens (tertiary/aromatic N) is 2. The summed E-state index contributed by atoms with van der Waals surface area (Å²) < 4.78 is 5.40. The van der Waals surface area contributed by atoms with Crippen molar-refractivity contribution >= 4 is 30.6 Å². The molecule has 5 nitrogen and oxygen atoms in total. The average Bonchev–Trinajstić information content (AvgIpc) is 2.93. The molecule has 7 heteroatoms. The Balaban J connectivity index is 0. The molecule has 0 spiro atoms. The van der Waals surface area contributed by atoms with Gasteiger partial charge in [0, 0.05) is 12.1 Å². The SMILES string of the molecule is CCOc1ccc(C(N)=NCCN2CCCC2)cc1.Cl.Cl.O. The van der Waals surface area contributed by atoms with Crippen molar-refractivity contribution in [1.82, 2.24) is 4.90 Å². The predicted octanol–water partition coefficient (Wildman–Crippen LogP) is 1.91. The molecule has 1 saturated heterocycles. The van der Waals surface area contributed by atoms with E-state index in [2.05, 4.69) is 9.89 Å². The van der Waals surface area contributed by atoms with Crippen LogP contribution in [0.25, 0.3) is 0 Å². The monoisotopic (exact) mass is 351 g/mol. The normalized spacial score (nSPS) is 14.5. The van der Waals surface area contributed by atoms with Crippen LogP contribution in [0, 0.1) is 0 Å². The molecule has 1 fully saturated rings. The Bertz CT molecular complexity index is 421. The highest BCUT2D eigenvalue weighted by Gasteiger charge is 2.10. The molecule has 0 radical (unpaired) electrons. The van der Waals surface area contributed by atoms with Gasteiger partial charge < -0.3 is 20.8 Å². The Morgan fingerprint density at radius 2 is 1.77 bits per heavy atom. The molecular formula is C15H27Cl2N3O2. The molecule has 22 heavy (non-hydrogen) atoms. The molecule has 2 rings (SSSR count). The Hall–Kier alpha value is -1.01. The molecular weight excluding hydrogens is 325 g/mol. The molecule has 1 heterocycles. The Morgan fingerprint density at radius 3 is 2.32 bits per heavy atom. The quantitative estimate of drug-likeness (QED) is 0.627. The largest absolute Gasteiger partial charge is 0.494 e. The topological polar surface area (TPSA) is 82.3 Å². The van der Waals surface area contributed by atoms with Gasteiger partial charge in [-0.05, 0) is 57.1 Å². The summed E-state index contributed by atoms with van der Waals surface area (Å²) in [6.07, 6.45) is 2.64. The number of hydrogen-bond acceptors (Lipinski definition) is 3. The zero-order valence-electron chi connectivity index (χ0n) is 13.0. The summed E-state index contributed by atoms with van der Waals surface area (Å²) in [6, 6.07) is 7.78. The Morgan fingerprint density at radius 1 is 1.18 bits per heavy atom. The van der Waals surface area contributed by atoms with Gasteiger partial charge in [-0.25, -0.2) is 0 Å². The first kappa shape index (κ1) is 23.3. The fourth-order valence-corrected chi connectivity index (χ4v) is 2.30. The first-order chi connectivity index (χ1) is 9.29. The van der Waals surface area contributed by atoms with Crippen LogP contribution < -0.4 is 10.5 Å². The molecule has 0 aliphatic carbocycles. The summed E-state index contributed by atoms with van der Waals surface area (Å²) in [6.45, 7) is 6.86. The number of ether oxygens (including phenoxy) is 1. The van der Waals surface area contributed by atoms with Gasteiger partial charge in [0.2, 0.25) is 0 Å². The number of rotatable bonds is 6. The zero-order chi connectivity index (χ0) is 13.5. The van der Waals surface area contributed by atoms with Gasteiger partial charge in [-0.2, -0.15) is 0 Å². The lowest BCUT2D eigenvalue weighted by Crippen LogP contribution is -2.24. The average molecular weight is 352 g/mol. The molecule has 0 amide bonds. The van der Waals surface area contributed by atoms with E-state index in [1.807, 2.05) is 31.2 Å². The molecule has 0 bridgehead atoms. The van der Waals surface area contributed by atoms with Gasteiger partial charge in [-0.15, -0.1) is 24.8 Å². The molecule has 1 aromatic carbocycles. The molecule has 1 aliphatic heterocycles. The molecule has 0 saturated carbocycles. The zero-order valence-corrected chi connectivity index (χ0v) is 14.6. The summed E-state index contributed by atoms with van der Waals surface area (Å²) >= 11 is 0. The van der Waals surface area contributed by atoms with Gasteiger partial charge in [0.15, 0.2) is 0 Å². The van der Waals surface area contributed by atoms with Crippen LogP contribution >= 0.6 is 24.8 Å². The number of amidine groups is 1. The van der Waals surface area contributed by atoms with Gasteiger partial charge in [0.05, 0.1) is 13.2 Å². The Kier molecular flexibility index (Phi) is 13.2. The van der Waals surface area contributed by atoms with E-state index in [1.165, 1.54) is 25.9 Å². The lowest BCUT2D eigenvalue weighted by molar-refractivity contribution is 0.340. The number of halogens is 2. The third-order valence-corrected chi connectivity index (χ3v) is 3.36. The van der Waals surface area contributed by atoms with Crippen LogP contribution in [0.2, 0.25) is 0 Å². The summed E-state index contributed by atoms with van der Waals surface area (Å²) in [4.78, 5) is 6.88. The third kappa shape index (κ3) is 7.31. The van der Waals surface area contributed by atoms with Gasteiger partial charge in [-0.3, -0.25) is 4.99 Å². The first-order valence-corrected chi connectivity index (χ1v) is 7.05. The number of benzene rings is 1. The molecule has 128 valence electrons. The fraction of sp³-hybridized carbons (Fsp3) is 0.533. The molecule has 0 atom stereocenters. The molecule has 1 aliphatic rings. The number of likely N-dealkylation sites (tertiary alicyclic amines) is 1. The highest BCUT2D eigenvalue weighted by molar-refractivity contribution is 5.97. The lowest BCUT2D eigenvalue weighted by atomic mass is 10.2. The van der Waals surface area contributed by atoms with Crippen LogP contribution in [0.5, 0.6) is 5.75 Å². The molecule has 1 aromatic rings. The summed E-state index contributed by atoms with van der Waals surface area (Å²) in [5.41, 5.74) is 6.96. The van der Waals surface area contributed by atoms with Crippen LogP contribution in [0.3, 0.4) is 0 Å². The summed E-state index contributed by atoms with van der Waals surface area (Å²) in [5.74, 6) is 1.48. The molecule has 4 N–H and O–H groups in total. The third-order valence-electron chi connectivity index (χ3n) is 3.36. The van der Waals surface area contributed by atoms with E-state index in [-0.39, 0.29) is 30.3 Å².